The van der Waals surface area contributed by atoms with Gasteiger partial charge in [-0.1, -0.05) is 0 Å². The third kappa shape index (κ3) is 1.92. The Hall–Kier alpha value is -1.62. The van der Waals surface area contributed by atoms with Gasteiger partial charge in [-0.25, -0.2) is 9.50 Å². The van der Waals surface area contributed by atoms with Crippen molar-refractivity contribution < 1.29 is 0 Å². The lowest BCUT2D eigenvalue weighted by Gasteiger charge is -1.98. The van der Waals surface area contributed by atoms with E-state index in [2.05, 4.69) is 10.1 Å². The van der Waals surface area contributed by atoms with E-state index in [1.807, 2.05) is 13.0 Å². The normalized spacial score (nSPS) is 11.1. The molecule has 15 heavy (non-hydrogen) atoms. The second-order valence-corrected chi connectivity index (χ2v) is 3.61. The molecule has 0 aliphatic rings. The number of aromatic nitrogens is 3. The van der Waals surface area contributed by atoms with E-state index in [4.69, 9.17) is 5.73 Å². The summed E-state index contributed by atoms with van der Waals surface area (Å²) >= 11 is 0. The predicted molar refractivity (Wildman–Crippen MR) is 57.9 cm³/mol. The zero-order valence-corrected chi connectivity index (χ0v) is 8.66. The lowest BCUT2D eigenvalue weighted by Crippen LogP contribution is -2.16. The van der Waals surface area contributed by atoms with Crippen LogP contribution >= 0.6 is 0 Å². The summed E-state index contributed by atoms with van der Waals surface area (Å²) in [7, 11) is 0. The Balaban J connectivity index is 2.47. The molecular weight excluding hydrogens is 192 g/mol. The summed E-state index contributed by atoms with van der Waals surface area (Å²) in [5.74, 6) is 0. The predicted octanol–water partition coefficient (Wildman–Crippen LogP) is 0.222. The number of hydrogen-bond donors (Lipinski definition) is 2. The van der Waals surface area contributed by atoms with E-state index in [1.54, 1.807) is 6.07 Å². The molecule has 0 unspecified atom stereocenters. The van der Waals surface area contributed by atoms with E-state index in [9.17, 15) is 4.79 Å². The number of H-pyrrole nitrogens is 1. The molecule has 0 saturated heterocycles. The van der Waals surface area contributed by atoms with Crippen molar-refractivity contribution in [2.75, 3.05) is 6.54 Å². The lowest BCUT2D eigenvalue weighted by atomic mass is 10.2. The fourth-order valence-electron chi connectivity index (χ4n) is 1.57. The number of nitrogens with zero attached hydrogens (tertiary/aromatic N) is 2. The SMILES string of the molecule is Cc1cc2nc(CCCN)cc(=O)n2[nH]1. The Labute approximate surface area is 86.9 Å². The van der Waals surface area contributed by atoms with Crippen molar-refractivity contribution in [3.8, 4) is 0 Å². The maximum atomic E-state index is 11.6. The molecule has 0 aromatic carbocycles. The minimum Gasteiger partial charge on any atom is -0.330 e. The van der Waals surface area contributed by atoms with Crippen LogP contribution < -0.4 is 11.3 Å². The zero-order chi connectivity index (χ0) is 10.8. The van der Waals surface area contributed by atoms with Gasteiger partial charge >= 0.3 is 0 Å². The third-order valence-corrected chi connectivity index (χ3v) is 2.27. The number of aromatic amines is 1. The second kappa shape index (κ2) is 3.86. The molecule has 80 valence electrons. The number of nitrogens with one attached hydrogen (secondary N) is 1. The first kappa shape index (κ1) is 9.92. The van der Waals surface area contributed by atoms with Crippen molar-refractivity contribution in [2.24, 2.45) is 5.73 Å². The third-order valence-electron chi connectivity index (χ3n) is 2.27. The monoisotopic (exact) mass is 206 g/mol. The molecule has 0 spiro atoms. The van der Waals surface area contributed by atoms with E-state index in [0.29, 0.717) is 12.2 Å². The fourth-order valence-corrected chi connectivity index (χ4v) is 1.57. The van der Waals surface area contributed by atoms with Gasteiger partial charge in [0.2, 0.25) is 0 Å². The second-order valence-electron chi connectivity index (χ2n) is 3.61. The molecule has 5 nitrogen and oxygen atoms in total. The van der Waals surface area contributed by atoms with Gasteiger partial charge in [0.05, 0.1) is 0 Å². The molecule has 0 atom stereocenters. The Morgan fingerprint density at radius 3 is 3.07 bits per heavy atom. The van der Waals surface area contributed by atoms with E-state index in [-0.39, 0.29) is 5.56 Å². The molecule has 2 rings (SSSR count). The summed E-state index contributed by atoms with van der Waals surface area (Å²) in [5, 5.41) is 2.93. The fraction of sp³-hybridized carbons (Fsp3) is 0.400. The number of rotatable bonds is 3. The molecule has 0 aliphatic carbocycles. The Bertz CT molecular complexity index is 526. The van der Waals surface area contributed by atoms with Crippen LogP contribution in [0.5, 0.6) is 0 Å². The summed E-state index contributed by atoms with van der Waals surface area (Å²) in [6, 6.07) is 3.41. The highest BCUT2D eigenvalue weighted by molar-refractivity contribution is 5.39. The number of aryl methyl sites for hydroxylation is 2. The summed E-state index contributed by atoms with van der Waals surface area (Å²) in [6.07, 6.45) is 1.61. The lowest BCUT2D eigenvalue weighted by molar-refractivity contribution is 0.794. The molecule has 0 fully saturated rings. The maximum absolute atomic E-state index is 11.6. The highest BCUT2D eigenvalue weighted by Gasteiger charge is 2.03. The highest BCUT2D eigenvalue weighted by Crippen LogP contribution is 2.02. The molecule has 5 heteroatoms. The van der Waals surface area contributed by atoms with Gasteiger partial charge < -0.3 is 5.73 Å². The van der Waals surface area contributed by atoms with Gasteiger partial charge in [-0.3, -0.25) is 9.89 Å². The molecule has 2 heterocycles. The number of fused-ring (bicyclic) bond motifs is 1. The quantitative estimate of drug-likeness (QED) is 0.754. The van der Waals surface area contributed by atoms with Crippen molar-refractivity contribution in [1.82, 2.24) is 14.6 Å². The van der Waals surface area contributed by atoms with Crippen LogP contribution in [0.15, 0.2) is 16.9 Å². The van der Waals surface area contributed by atoms with Crippen LogP contribution in [0.4, 0.5) is 0 Å². The molecule has 0 radical (unpaired) electrons. The maximum Gasteiger partial charge on any atom is 0.272 e. The van der Waals surface area contributed by atoms with Gasteiger partial charge in [-0.2, -0.15) is 0 Å². The van der Waals surface area contributed by atoms with E-state index in [0.717, 1.165) is 24.2 Å². The molecule has 0 bridgehead atoms. The molecule has 3 N–H and O–H groups in total. The van der Waals surface area contributed by atoms with Crippen molar-refractivity contribution in [3.63, 3.8) is 0 Å². The number of nitrogens with two attached hydrogens (primary N) is 1. The topological polar surface area (TPSA) is 76.2 Å². The van der Waals surface area contributed by atoms with Gasteiger partial charge in [0, 0.05) is 23.5 Å². The van der Waals surface area contributed by atoms with Crippen LogP contribution in [-0.4, -0.2) is 21.1 Å². The van der Waals surface area contributed by atoms with Gasteiger partial charge in [-0.05, 0) is 26.3 Å². The highest BCUT2D eigenvalue weighted by atomic mass is 16.1. The molecule has 0 amide bonds. The summed E-state index contributed by atoms with van der Waals surface area (Å²) < 4.78 is 1.45. The van der Waals surface area contributed by atoms with E-state index < -0.39 is 0 Å². The van der Waals surface area contributed by atoms with Crippen LogP contribution in [0.1, 0.15) is 17.8 Å². The minimum atomic E-state index is -0.0693. The smallest absolute Gasteiger partial charge is 0.272 e. The standard InChI is InChI=1S/C10H14N4O/c1-7-5-9-12-8(3-2-4-11)6-10(15)14(9)13-7/h5-6,13H,2-4,11H2,1H3. The van der Waals surface area contributed by atoms with E-state index in [1.165, 1.54) is 4.52 Å². The Kier molecular flexibility index (Phi) is 2.55. The van der Waals surface area contributed by atoms with Crippen LogP contribution in [0, 0.1) is 6.92 Å². The first-order valence-electron chi connectivity index (χ1n) is 4.99. The summed E-state index contributed by atoms with van der Waals surface area (Å²) in [4.78, 5) is 16.0. The van der Waals surface area contributed by atoms with Gasteiger partial charge in [0.1, 0.15) is 0 Å². The Morgan fingerprint density at radius 1 is 1.53 bits per heavy atom. The summed E-state index contributed by atoms with van der Waals surface area (Å²) in [5.41, 5.74) is 7.75. The average molecular weight is 206 g/mol. The molecule has 2 aromatic heterocycles. The minimum absolute atomic E-state index is 0.0693. The van der Waals surface area contributed by atoms with Crippen molar-refractivity contribution >= 4 is 5.65 Å². The summed E-state index contributed by atoms with van der Waals surface area (Å²) in [6.45, 7) is 2.51. The zero-order valence-electron chi connectivity index (χ0n) is 8.66. The number of hydrogen-bond acceptors (Lipinski definition) is 3. The molecule has 0 aliphatic heterocycles. The van der Waals surface area contributed by atoms with Gasteiger partial charge in [0.15, 0.2) is 5.65 Å². The average Bonchev–Trinajstić information content (AvgIpc) is 2.56. The van der Waals surface area contributed by atoms with Crippen LogP contribution in [0.3, 0.4) is 0 Å². The molecule has 2 aromatic rings. The van der Waals surface area contributed by atoms with E-state index >= 15 is 0 Å². The molecule has 0 saturated carbocycles. The van der Waals surface area contributed by atoms with Crippen LogP contribution in [-0.2, 0) is 6.42 Å². The van der Waals surface area contributed by atoms with Gasteiger partial charge in [-0.15, -0.1) is 0 Å². The largest absolute Gasteiger partial charge is 0.330 e. The Morgan fingerprint density at radius 2 is 2.33 bits per heavy atom. The van der Waals surface area contributed by atoms with Gasteiger partial charge in [0.25, 0.3) is 5.56 Å². The first-order valence-corrected chi connectivity index (χ1v) is 4.99. The van der Waals surface area contributed by atoms with Crippen LogP contribution in [0.2, 0.25) is 0 Å². The van der Waals surface area contributed by atoms with Crippen molar-refractivity contribution in [2.45, 2.75) is 19.8 Å². The first-order chi connectivity index (χ1) is 7.20. The molecular formula is C10H14N4O. The van der Waals surface area contributed by atoms with Crippen LogP contribution in [0.25, 0.3) is 5.65 Å². The van der Waals surface area contributed by atoms with Crippen molar-refractivity contribution in [1.29, 1.82) is 0 Å². The van der Waals surface area contributed by atoms with Crippen molar-refractivity contribution in [3.05, 3.63) is 33.9 Å².